The third kappa shape index (κ3) is 26.4. The largest absolute Gasteiger partial charge is 0.348 e. The third-order valence-corrected chi connectivity index (χ3v) is 35.0. The zero-order valence-electron chi connectivity index (χ0n) is 88.0. The van der Waals surface area contributed by atoms with Gasteiger partial charge in [-0.2, -0.15) is 0 Å². The van der Waals surface area contributed by atoms with Crippen LogP contribution >= 0.6 is 12.4 Å². The van der Waals surface area contributed by atoms with E-state index in [0.717, 1.165) is 284 Å². The molecule has 796 valence electrons. The molecular formula is C118H166ClN11O16. The molecule has 27 nitrogen and oxygen atoms in total. The maximum atomic E-state index is 12.1. The highest BCUT2D eigenvalue weighted by Crippen LogP contribution is 2.54. The van der Waals surface area contributed by atoms with E-state index in [1.807, 2.05) is 18.2 Å². The van der Waals surface area contributed by atoms with Gasteiger partial charge in [0.05, 0.1) is 58.4 Å². The van der Waals surface area contributed by atoms with Gasteiger partial charge in [-0.05, 0) is 242 Å². The number of benzene rings is 6. The molecule has 146 heavy (non-hydrogen) atoms. The van der Waals surface area contributed by atoms with Crippen molar-refractivity contribution < 1.29 is 76.3 Å². The maximum absolute atomic E-state index is 12.1. The number of ether oxygens (including phenoxy) is 8. The van der Waals surface area contributed by atoms with Crippen LogP contribution in [0.1, 0.15) is 339 Å². The number of urea groups is 4. The zero-order valence-corrected chi connectivity index (χ0v) is 88.8. The lowest BCUT2D eigenvalue weighted by Crippen LogP contribution is -2.52. The van der Waals surface area contributed by atoms with E-state index in [9.17, 15) is 38.4 Å². The first-order valence-electron chi connectivity index (χ1n) is 55.2. The van der Waals surface area contributed by atoms with Crippen molar-refractivity contribution in [3.63, 3.8) is 0 Å². The van der Waals surface area contributed by atoms with Crippen molar-refractivity contribution in [3.8, 4) is 0 Å². The number of nitrogens with zero attached hydrogens (tertiary/aromatic N) is 1. The Bertz CT molecular complexity index is 4850. The number of rotatable bonds is 19. The summed E-state index contributed by atoms with van der Waals surface area (Å²) in [5.74, 6) is -1.26. The van der Waals surface area contributed by atoms with E-state index in [1.165, 1.54) is 64.8 Å². The van der Waals surface area contributed by atoms with Crippen molar-refractivity contribution in [1.82, 2.24) is 53.2 Å². The number of Topliss-reactive ketones (excluding diaryl/α,β-unsaturated/α-hetero) is 1. The van der Waals surface area contributed by atoms with Gasteiger partial charge in [0.15, 0.2) is 23.1 Å². The molecule has 0 aromatic heterocycles. The smallest absolute Gasteiger partial charge is 0.322 e. The molecule has 11 amide bonds. The number of nitrogens with one attached hydrogen (secondary N) is 10. The number of halogens is 1. The van der Waals surface area contributed by atoms with Crippen LogP contribution in [0, 0.1) is 0 Å². The number of hydrogen-bond acceptors (Lipinski definition) is 19. The Morgan fingerprint density at radius 2 is 0.521 bits per heavy atom. The number of carbonyl (C=O) groups is 8. The molecule has 22 rings (SSSR count). The number of imide groups is 3. The van der Waals surface area contributed by atoms with Gasteiger partial charge in [0.25, 0.3) is 17.7 Å². The summed E-state index contributed by atoms with van der Waals surface area (Å²) in [6.45, 7) is 24.9. The van der Waals surface area contributed by atoms with Gasteiger partial charge in [0.1, 0.15) is 22.4 Å². The van der Waals surface area contributed by atoms with Crippen LogP contribution < -0.4 is 53.2 Å². The number of hydrogen-bond donors (Lipinski definition) is 10. The van der Waals surface area contributed by atoms with Gasteiger partial charge in [-0.15, -0.1) is 12.4 Å². The Morgan fingerprint density at radius 1 is 0.274 bits per heavy atom. The van der Waals surface area contributed by atoms with Crippen LogP contribution in [-0.4, -0.2) is 178 Å². The zero-order chi connectivity index (χ0) is 102. The molecule has 0 bridgehead atoms. The highest BCUT2D eigenvalue weighted by Gasteiger charge is 2.57. The molecule has 0 unspecified atom stereocenters. The molecular weight excluding hydrogens is 1860 g/mol. The predicted octanol–water partition coefficient (Wildman–Crippen LogP) is 20.7. The molecule has 6 aromatic rings. The SMILES string of the molecule is CCCC1(c2ccccc2)CCC2(CC1)CNC(=O)N2.CCCC1(c2ccccc2)CCC2(CC1)NC(=O)NC2=O.CCCC1(c2ccccc2)CCC2(CC1)NC(=O)NC2=O.CCCC1(c2ccccc2)CCC2(CC1)NC(=O)NC2=O.CCN=C1CCC2(CC1)OCCO2.CCNC1(c2ccccc2)CCC2(CC1)OCCO2.CCNC1(c2ccccc2)CCC2(CC1)OCCO2.Cl.O=C1CCC2(CC1)OCCO2. The second-order valence-electron chi connectivity index (χ2n) is 43.6. The molecule has 0 radical (unpaired) electrons. The van der Waals surface area contributed by atoms with Gasteiger partial charge in [-0.25, -0.2) is 19.2 Å². The lowest BCUT2D eigenvalue weighted by atomic mass is 9.62. The van der Waals surface area contributed by atoms with Crippen LogP contribution in [0.2, 0.25) is 0 Å². The molecule has 10 N–H and O–H groups in total. The molecule has 6 aromatic carbocycles. The molecule has 16 fully saturated rings. The number of aliphatic imine (C=N–C) groups is 1. The minimum Gasteiger partial charge on any atom is -0.348 e. The lowest BCUT2D eigenvalue weighted by Gasteiger charge is -2.45. The molecule has 8 heterocycles. The van der Waals surface area contributed by atoms with Crippen molar-refractivity contribution in [3.05, 3.63) is 215 Å². The first-order chi connectivity index (χ1) is 70.2. The molecule has 8 saturated heterocycles. The van der Waals surface area contributed by atoms with Crippen LogP contribution in [0.15, 0.2) is 187 Å². The van der Waals surface area contributed by atoms with Gasteiger partial charge in [-0.1, -0.05) is 249 Å². The average Bonchev–Trinajstić information content (AvgIpc) is 1.50. The summed E-state index contributed by atoms with van der Waals surface area (Å²) >= 11 is 0. The van der Waals surface area contributed by atoms with E-state index in [4.69, 9.17) is 37.9 Å². The molecule has 8 aliphatic carbocycles. The summed E-state index contributed by atoms with van der Waals surface area (Å²) in [5.41, 5.74) is 8.68. The van der Waals surface area contributed by atoms with Gasteiger partial charge < -0.3 is 75.1 Å². The van der Waals surface area contributed by atoms with E-state index in [2.05, 4.69) is 270 Å². The Labute approximate surface area is 872 Å². The van der Waals surface area contributed by atoms with Crippen LogP contribution in [0.3, 0.4) is 0 Å². The third-order valence-electron chi connectivity index (χ3n) is 35.0. The van der Waals surface area contributed by atoms with E-state index in [1.54, 1.807) is 0 Å². The van der Waals surface area contributed by atoms with Crippen LogP contribution in [0.5, 0.6) is 0 Å². The predicted molar refractivity (Wildman–Crippen MR) is 570 cm³/mol. The van der Waals surface area contributed by atoms with Crippen molar-refractivity contribution in [2.45, 2.75) is 383 Å². The van der Waals surface area contributed by atoms with E-state index in [0.29, 0.717) is 37.3 Å². The summed E-state index contributed by atoms with van der Waals surface area (Å²) in [7, 11) is 0. The summed E-state index contributed by atoms with van der Waals surface area (Å²) in [6, 6.07) is 63.3. The van der Waals surface area contributed by atoms with Crippen molar-refractivity contribution >= 4 is 65.7 Å². The maximum Gasteiger partial charge on any atom is 0.322 e. The topological polar surface area (TPSA) is 343 Å². The lowest BCUT2D eigenvalue weighted by molar-refractivity contribution is -0.187. The summed E-state index contributed by atoms with van der Waals surface area (Å²) in [6.07, 6.45) is 38.8. The monoisotopic (exact) mass is 2030 g/mol. The highest BCUT2D eigenvalue weighted by atomic mass is 35.5. The number of amides is 11. The first kappa shape index (κ1) is 112. The fraction of sp³-hybridized carbons (Fsp3) is 0.619. The van der Waals surface area contributed by atoms with Crippen LogP contribution in [0.25, 0.3) is 0 Å². The molecule has 0 atom stereocenters. The minimum absolute atomic E-state index is 0. The second-order valence-corrected chi connectivity index (χ2v) is 43.6. The van der Waals surface area contributed by atoms with Gasteiger partial charge in [-0.3, -0.25) is 40.1 Å². The van der Waals surface area contributed by atoms with Gasteiger partial charge >= 0.3 is 24.1 Å². The Balaban J connectivity index is 0.000000133. The number of ketones is 1. The first-order valence-corrected chi connectivity index (χ1v) is 55.2. The molecule has 8 aliphatic heterocycles. The minimum atomic E-state index is -0.664. The average molecular weight is 2030 g/mol. The van der Waals surface area contributed by atoms with Crippen LogP contribution in [-0.2, 0) is 89.8 Å². The second kappa shape index (κ2) is 50.5. The Kier molecular flexibility index (Phi) is 38.8. The fourth-order valence-corrected chi connectivity index (χ4v) is 26.8. The summed E-state index contributed by atoms with van der Waals surface area (Å²) < 4.78 is 45.5. The molecule has 8 saturated carbocycles. The van der Waals surface area contributed by atoms with Crippen molar-refractivity contribution in [1.29, 1.82) is 0 Å². The van der Waals surface area contributed by atoms with Gasteiger partial charge in [0, 0.05) is 94.1 Å². The van der Waals surface area contributed by atoms with Crippen molar-refractivity contribution in [2.24, 2.45) is 4.99 Å². The number of carbonyl (C=O) groups excluding carboxylic acids is 8. The van der Waals surface area contributed by atoms with E-state index >= 15 is 0 Å². The standard InChI is InChI=1S/3C17H22N2O2.C17H24N2O.2C16H23NO2.C10H17NO2.C8H12O3.ClH/c3*1-2-8-16(13-6-4-3-5-7-13)9-11-17(12-10-16)14(20)18-15(21)19-17;1-2-8-16(14-6-4-3-5-7-14)9-11-17(12-10-16)13-18-15(20)19-17;2*1-2-17-15(14-6-4-3-5-7-14)8-10-16(11-9-15)18-12-13-19-16;1-2-11-9-3-5-10(6-4-9)12-7-8-13-10;9-7-1-3-8(4-2-7)10-5-6-11-8;/h3*3-7H,2,8-12H2,1H3,(H2,18,19,20,21);3-7H,2,8-13H2,1H3,(H2,18,19,20);2*3-7,17H,2,8-13H2,1H3;2-8H2,1H3;1-6H2;1H. The Morgan fingerprint density at radius 3 is 0.747 bits per heavy atom. The highest BCUT2D eigenvalue weighted by molar-refractivity contribution is 6.08. The quantitative estimate of drug-likeness (QED) is 0.0337. The molecule has 28 heteroatoms. The van der Waals surface area contributed by atoms with E-state index < -0.39 is 16.6 Å². The van der Waals surface area contributed by atoms with Gasteiger partial charge in [0.2, 0.25) is 0 Å². The van der Waals surface area contributed by atoms with Crippen molar-refractivity contribution in [2.75, 3.05) is 79.0 Å². The summed E-state index contributed by atoms with van der Waals surface area (Å²) in [4.78, 5) is 97.3. The fourth-order valence-electron chi connectivity index (χ4n) is 26.8. The Hall–Kier alpha value is -9.36. The summed E-state index contributed by atoms with van der Waals surface area (Å²) in [5, 5.41) is 29.2. The van der Waals surface area contributed by atoms with E-state index in [-0.39, 0.29) is 110 Å². The molecule has 16 aliphatic rings. The van der Waals surface area contributed by atoms with Crippen LogP contribution in [0.4, 0.5) is 19.2 Å². The molecule has 8 spiro atoms. The normalized spacial score (nSPS) is 28.1.